The molecule has 33 heavy (non-hydrogen) atoms. The van der Waals surface area contributed by atoms with Crippen molar-refractivity contribution in [1.82, 2.24) is 20.5 Å². The van der Waals surface area contributed by atoms with Crippen LogP contribution in [0.4, 0.5) is 0 Å². The summed E-state index contributed by atoms with van der Waals surface area (Å²) in [6, 6.07) is 0.487. The van der Waals surface area contributed by atoms with Crippen LogP contribution in [0.3, 0.4) is 0 Å². The molecule has 182 valence electrons. The molecule has 2 amide bonds. The number of esters is 1. The van der Waals surface area contributed by atoms with E-state index in [1.54, 1.807) is 41.7 Å². The first-order chi connectivity index (χ1) is 15.4. The maximum atomic E-state index is 13.4. The quantitative estimate of drug-likeness (QED) is 0.546. The molecule has 5 unspecified atom stereocenters. The lowest BCUT2D eigenvalue weighted by atomic mass is 9.79. The Morgan fingerprint density at radius 3 is 2.52 bits per heavy atom. The van der Waals surface area contributed by atoms with E-state index < -0.39 is 29.4 Å². The highest BCUT2D eigenvalue weighted by atomic mass is 16.6. The Balaban J connectivity index is 1.77. The summed E-state index contributed by atoms with van der Waals surface area (Å²) >= 11 is 0. The zero-order chi connectivity index (χ0) is 24.5. The molecule has 1 aromatic heterocycles. The van der Waals surface area contributed by atoms with Crippen molar-refractivity contribution < 1.29 is 23.9 Å². The maximum Gasteiger partial charge on any atom is 0.328 e. The monoisotopic (exact) mass is 460 g/mol. The average molecular weight is 461 g/mol. The number of aromatic nitrogens is 1. The summed E-state index contributed by atoms with van der Waals surface area (Å²) in [6.45, 7) is 8.99. The van der Waals surface area contributed by atoms with E-state index >= 15 is 0 Å². The van der Waals surface area contributed by atoms with Crippen LogP contribution in [0.25, 0.3) is 0 Å². The van der Waals surface area contributed by atoms with Crippen LogP contribution in [-0.4, -0.2) is 58.9 Å². The number of hydrogen-bond acceptors (Lipinski definition) is 6. The fourth-order valence-electron chi connectivity index (χ4n) is 4.55. The smallest absolute Gasteiger partial charge is 0.328 e. The topological polar surface area (TPSA) is 119 Å². The van der Waals surface area contributed by atoms with Crippen molar-refractivity contribution >= 4 is 23.6 Å². The second-order valence-corrected chi connectivity index (χ2v) is 10.2. The lowest BCUT2D eigenvalue weighted by Crippen LogP contribution is -2.50. The Hall–Kier alpha value is -2.68. The molecule has 1 aromatic rings. The molecule has 9 nitrogen and oxygen atoms in total. The van der Waals surface area contributed by atoms with Crippen molar-refractivity contribution in [2.45, 2.75) is 90.1 Å². The van der Waals surface area contributed by atoms with Crippen molar-refractivity contribution in [2.75, 3.05) is 7.05 Å². The number of nitrogens with zero attached hydrogens (tertiary/aromatic N) is 1. The summed E-state index contributed by atoms with van der Waals surface area (Å²) in [4.78, 5) is 51.2. The zero-order valence-electron chi connectivity index (χ0n) is 20.4. The van der Waals surface area contributed by atoms with Crippen LogP contribution in [0.2, 0.25) is 0 Å². The van der Waals surface area contributed by atoms with Gasteiger partial charge in [-0.1, -0.05) is 0 Å². The van der Waals surface area contributed by atoms with Crippen LogP contribution in [-0.2, 0) is 36.9 Å². The van der Waals surface area contributed by atoms with Crippen LogP contribution in [0, 0.1) is 5.92 Å². The van der Waals surface area contributed by atoms with Gasteiger partial charge in [0.25, 0.3) is 0 Å². The number of ketones is 1. The van der Waals surface area contributed by atoms with E-state index in [9.17, 15) is 19.2 Å². The molecule has 5 atom stereocenters. The molecule has 0 saturated carbocycles. The van der Waals surface area contributed by atoms with E-state index in [4.69, 9.17) is 4.74 Å². The highest BCUT2D eigenvalue weighted by Gasteiger charge is 2.42. The van der Waals surface area contributed by atoms with Gasteiger partial charge in [0.05, 0.1) is 17.9 Å². The molecule has 0 aromatic carbocycles. The fraction of sp³-hybridized carbons (Fsp3) is 0.667. The Morgan fingerprint density at radius 1 is 1.18 bits per heavy atom. The van der Waals surface area contributed by atoms with Gasteiger partial charge in [-0.15, -0.1) is 0 Å². The minimum absolute atomic E-state index is 0.0482. The normalized spacial score (nSPS) is 24.2. The largest absolute Gasteiger partial charge is 0.458 e. The van der Waals surface area contributed by atoms with Gasteiger partial charge in [-0.25, -0.2) is 4.79 Å². The number of carbonyl (C=O) groups is 4. The lowest BCUT2D eigenvalue weighted by molar-refractivity contribution is -0.158. The summed E-state index contributed by atoms with van der Waals surface area (Å²) in [6.07, 6.45) is 3.39. The molecule has 3 rings (SSSR count). The number of aryl methyl sites for hydroxylation is 1. The molecule has 2 aliphatic rings. The molecular weight excluding hydrogens is 424 g/mol. The Labute approximate surface area is 195 Å². The second-order valence-electron chi connectivity index (χ2n) is 10.2. The Morgan fingerprint density at radius 2 is 1.88 bits per heavy atom. The van der Waals surface area contributed by atoms with Gasteiger partial charge in [0.2, 0.25) is 11.8 Å². The molecule has 9 heteroatoms. The lowest BCUT2D eigenvalue weighted by Gasteiger charge is -2.32. The number of rotatable bonds is 6. The van der Waals surface area contributed by atoms with E-state index in [1.807, 2.05) is 16.8 Å². The first-order valence-corrected chi connectivity index (χ1v) is 11.6. The molecular formula is C24H36N4O5. The standard InChI is InChI=1S/C24H36N4O5/c1-13(25-6)21(30)27-17-8-7-15-9-10-28-12-16(11-18(29)19(17)20(15)28)22(31)26-14(2)23(32)33-24(3,4)5/h9-10,13-14,16-17,19,25H,7-8,11-12H2,1-6H3,(H,26,31)(H,27,30). The molecule has 0 spiro atoms. The van der Waals surface area contributed by atoms with Crippen molar-refractivity contribution in [1.29, 1.82) is 0 Å². The SMILES string of the molecule is CNC(C)C(=O)NC1CCc2ccn3c2C1C(=O)CC(C(=O)NC(C)C(=O)OC(C)(C)C)C3. The average Bonchev–Trinajstić information content (AvgIpc) is 3.06. The molecule has 0 radical (unpaired) electrons. The summed E-state index contributed by atoms with van der Waals surface area (Å²) in [7, 11) is 1.71. The second kappa shape index (κ2) is 9.67. The third kappa shape index (κ3) is 5.63. The molecule has 1 aliphatic heterocycles. The van der Waals surface area contributed by atoms with Crippen molar-refractivity contribution in [3.8, 4) is 0 Å². The molecule has 1 aliphatic carbocycles. The Kier molecular flexibility index (Phi) is 7.31. The predicted molar refractivity (Wildman–Crippen MR) is 123 cm³/mol. The number of amides is 2. The molecule has 0 bridgehead atoms. The highest BCUT2D eigenvalue weighted by Crippen LogP contribution is 2.38. The van der Waals surface area contributed by atoms with Crippen molar-refractivity contribution in [2.24, 2.45) is 5.92 Å². The number of carbonyl (C=O) groups excluding carboxylic acids is 4. The van der Waals surface area contributed by atoms with E-state index in [2.05, 4.69) is 16.0 Å². The van der Waals surface area contributed by atoms with Gasteiger partial charge in [-0.05, 0) is 66.1 Å². The van der Waals surface area contributed by atoms with Gasteiger partial charge >= 0.3 is 5.97 Å². The van der Waals surface area contributed by atoms with Gasteiger partial charge < -0.3 is 25.3 Å². The third-order valence-corrected chi connectivity index (χ3v) is 6.37. The van der Waals surface area contributed by atoms with Crippen LogP contribution in [0.1, 0.15) is 64.6 Å². The summed E-state index contributed by atoms with van der Waals surface area (Å²) in [5.41, 5.74) is 1.32. The van der Waals surface area contributed by atoms with Gasteiger partial charge in [0, 0.05) is 30.9 Å². The fourth-order valence-corrected chi connectivity index (χ4v) is 4.55. The van der Waals surface area contributed by atoms with Crippen LogP contribution < -0.4 is 16.0 Å². The van der Waals surface area contributed by atoms with Gasteiger partial charge in [-0.2, -0.15) is 0 Å². The third-order valence-electron chi connectivity index (χ3n) is 6.37. The Bertz CT molecular complexity index is 932. The maximum absolute atomic E-state index is 13.4. The van der Waals surface area contributed by atoms with Gasteiger partial charge in [0.1, 0.15) is 17.4 Å². The minimum Gasteiger partial charge on any atom is -0.458 e. The van der Waals surface area contributed by atoms with Gasteiger partial charge in [0.15, 0.2) is 0 Å². The molecule has 3 N–H and O–H groups in total. The van der Waals surface area contributed by atoms with Crippen molar-refractivity contribution in [3.63, 3.8) is 0 Å². The summed E-state index contributed by atoms with van der Waals surface area (Å²) in [5.74, 6) is -2.19. The number of nitrogens with one attached hydrogen (secondary N) is 3. The molecule has 0 saturated heterocycles. The summed E-state index contributed by atoms with van der Waals surface area (Å²) in [5, 5.41) is 8.67. The predicted octanol–water partition coefficient (Wildman–Crippen LogP) is 1.05. The first kappa shape index (κ1) is 25.0. The van der Waals surface area contributed by atoms with E-state index in [0.29, 0.717) is 13.0 Å². The number of hydrogen-bond donors (Lipinski definition) is 3. The molecule has 0 fully saturated rings. The van der Waals surface area contributed by atoms with E-state index in [1.165, 1.54) is 0 Å². The van der Waals surface area contributed by atoms with Crippen LogP contribution in [0.15, 0.2) is 12.3 Å². The first-order valence-electron chi connectivity index (χ1n) is 11.6. The van der Waals surface area contributed by atoms with E-state index in [-0.39, 0.29) is 36.1 Å². The minimum atomic E-state index is -0.823. The van der Waals surface area contributed by atoms with Crippen molar-refractivity contribution in [3.05, 3.63) is 23.5 Å². The number of ether oxygens (including phenoxy) is 1. The summed E-state index contributed by atoms with van der Waals surface area (Å²) < 4.78 is 7.31. The number of likely N-dealkylation sites (N-methyl/N-ethyl adjacent to an activating group) is 1. The zero-order valence-corrected chi connectivity index (χ0v) is 20.4. The van der Waals surface area contributed by atoms with Crippen LogP contribution in [0.5, 0.6) is 0 Å². The van der Waals surface area contributed by atoms with E-state index in [0.717, 1.165) is 17.7 Å². The number of Topliss-reactive ketones (excluding diaryl/α,β-unsaturated/α-hetero) is 1. The van der Waals surface area contributed by atoms with Gasteiger partial charge in [-0.3, -0.25) is 14.4 Å². The van der Waals surface area contributed by atoms with Crippen LogP contribution >= 0.6 is 0 Å². The highest BCUT2D eigenvalue weighted by molar-refractivity contribution is 5.94. The molecule has 2 heterocycles.